The zero-order valence-electron chi connectivity index (χ0n) is 19.4. The molecule has 2 heteroatoms. The zero-order chi connectivity index (χ0) is 22.3. The van der Waals surface area contributed by atoms with E-state index in [1.54, 1.807) is 10.9 Å². The normalized spacial score (nSPS) is 19.2. The van der Waals surface area contributed by atoms with E-state index >= 15 is 0 Å². The van der Waals surface area contributed by atoms with Gasteiger partial charge in [0.05, 0.1) is 0 Å². The molecule has 160 valence electrons. The fourth-order valence-corrected chi connectivity index (χ4v) is 9.28. The fraction of sp³-hybridized carbons (Fsp3) is 0.233. The third kappa shape index (κ3) is 3.96. The summed E-state index contributed by atoms with van der Waals surface area (Å²) in [4.78, 5) is 0. The Bertz CT molecular complexity index is 1300. The van der Waals surface area contributed by atoms with Crippen LogP contribution in [0.2, 0.25) is 0 Å². The van der Waals surface area contributed by atoms with Crippen molar-refractivity contribution in [2.75, 3.05) is 6.16 Å². The summed E-state index contributed by atoms with van der Waals surface area (Å²) in [6, 6.07) is 31.7. The summed E-state index contributed by atoms with van der Waals surface area (Å²) in [5.41, 5.74) is 3.11. The molecule has 0 aromatic heterocycles. The first-order chi connectivity index (χ1) is 15.4. The van der Waals surface area contributed by atoms with Crippen LogP contribution in [0.1, 0.15) is 34.1 Å². The first-order valence-corrected chi connectivity index (χ1v) is 13.9. The van der Waals surface area contributed by atoms with Crippen LogP contribution in [0.4, 0.5) is 0 Å². The van der Waals surface area contributed by atoms with Crippen LogP contribution in [0.25, 0.3) is 21.5 Å². The van der Waals surface area contributed by atoms with Gasteiger partial charge in [0, 0.05) is 5.16 Å². The van der Waals surface area contributed by atoms with Crippen molar-refractivity contribution in [2.24, 2.45) is 0 Å². The van der Waals surface area contributed by atoms with E-state index < -0.39 is 7.92 Å². The molecule has 1 atom stereocenters. The van der Waals surface area contributed by atoms with E-state index in [1.807, 2.05) is 0 Å². The monoisotopic (exact) mass is 452 g/mol. The van der Waals surface area contributed by atoms with E-state index in [9.17, 15) is 0 Å². The van der Waals surface area contributed by atoms with Gasteiger partial charge in [0.25, 0.3) is 0 Å². The Morgan fingerprint density at radius 1 is 0.688 bits per heavy atom. The Kier molecular flexibility index (Phi) is 5.79. The summed E-state index contributed by atoms with van der Waals surface area (Å²) in [5, 5.41) is 10.1. The summed E-state index contributed by atoms with van der Waals surface area (Å²) in [7, 11) is 1.07. The second-order valence-corrected chi connectivity index (χ2v) is 13.4. The largest absolute Gasteiger partial charge is 0.0899 e. The molecule has 0 amide bonds. The van der Waals surface area contributed by atoms with Gasteiger partial charge in [0.2, 0.25) is 0 Å². The highest BCUT2D eigenvalue weighted by molar-refractivity contribution is 7.73. The summed E-state index contributed by atoms with van der Waals surface area (Å²) >= 11 is 0. The minimum atomic E-state index is -0.429. The number of rotatable bonds is 5. The topological polar surface area (TPSA) is 0 Å². The standard InChI is InChI=1S/C30H30P2/c1-21-22(2)30(4,31-23(21)3)17-18-32(28-15-13-24-9-5-7-11-26(24)19-28)29-16-14-25-10-6-8-12-27(25)20-29/h5-16,19-20H,17-18H2,1-4H3. The maximum absolute atomic E-state index is 2.47. The van der Waals surface area contributed by atoms with E-state index in [1.165, 1.54) is 58.5 Å². The van der Waals surface area contributed by atoms with Gasteiger partial charge in [0.1, 0.15) is 0 Å². The number of benzene rings is 4. The Balaban J connectivity index is 1.56. The predicted molar refractivity (Wildman–Crippen MR) is 148 cm³/mol. The Labute approximate surface area is 194 Å². The molecule has 0 radical (unpaired) electrons. The molecule has 1 aliphatic heterocycles. The smallest absolute Gasteiger partial charge is 0.0311 e. The lowest BCUT2D eigenvalue weighted by Crippen LogP contribution is -2.22. The Morgan fingerprint density at radius 3 is 1.66 bits per heavy atom. The molecule has 1 heterocycles. The van der Waals surface area contributed by atoms with Gasteiger partial charge in [-0.05, 0) is 103 Å². The first kappa shape index (κ1) is 21.6. The number of hydrogen-bond acceptors (Lipinski definition) is 0. The third-order valence-corrected chi connectivity index (χ3v) is 11.4. The second-order valence-electron chi connectivity index (χ2n) is 9.19. The summed E-state index contributed by atoms with van der Waals surface area (Å²) in [6.07, 6.45) is 2.44. The van der Waals surface area contributed by atoms with Gasteiger partial charge in [-0.3, -0.25) is 0 Å². The minimum Gasteiger partial charge on any atom is -0.0899 e. The van der Waals surface area contributed by atoms with Crippen LogP contribution >= 0.6 is 16.1 Å². The van der Waals surface area contributed by atoms with Crippen LogP contribution in [0.15, 0.2) is 96.1 Å². The van der Waals surface area contributed by atoms with Gasteiger partial charge in [0.15, 0.2) is 0 Å². The van der Waals surface area contributed by atoms with Gasteiger partial charge < -0.3 is 0 Å². The highest BCUT2D eigenvalue weighted by atomic mass is 31.1. The fourth-order valence-electron chi connectivity index (χ4n) is 4.88. The molecule has 0 saturated carbocycles. The van der Waals surface area contributed by atoms with Crippen LogP contribution in [0.5, 0.6) is 0 Å². The van der Waals surface area contributed by atoms with Gasteiger partial charge in [-0.2, -0.15) is 0 Å². The number of fused-ring (bicyclic) bond motifs is 2. The summed E-state index contributed by atoms with van der Waals surface area (Å²) in [5.74, 6) is 0. The molecule has 0 spiro atoms. The van der Waals surface area contributed by atoms with E-state index in [4.69, 9.17) is 0 Å². The lowest BCUT2D eigenvalue weighted by Gasteiger charge is -2.28. The highest BCUT2D eigenvalue weighted by Crippen LogP contribution is 2.47. The maximum Gasteiger partial charge on any atom is 0.0311 e. The van der Waals surface area contributed by atoms with Crippen LogP contribution in [-0.2, 0) is 0 Å². The van der Waals surface area contributed by atoms with Crippen molar-refractivity contribution < 1.29 is 0 Å². The molecular weight excluding hydrogens is 422 g/mol. The lowest BCUT2D eigenvalue weighted by molar-refractivity contribution is 0.715. The van der Waals surface area contributed by atoms with Crippen molar-refractivity contribution in [2.45, 2.75) is 39.3 Å². The Morgan fingerprint density at radius 2 is 1.19 bits per heavy atom. The minimum absolute atomic E-state index is 0.266. The van der Waals surface area contributed by atoms with Gasteiger partial charge >= 0.3 is 0 Å². The molecule has 4 aromatic rings. The van der Waals surface area contributed by atoms with Gasteiger partial charge in [-0.1, -0.05) is 86.6 Å². The van der Waals surface area contributed by atoms with E-state index in [-0.39, 0.29) is 5.16 Å². The molecule has 0 nitrogen and oxygen atoms in total. The number of hydrogen-bond donors (Lipinski definition) is 0. The molecule has 1 aliphatic rings. The van der Waals surface area contributed by atoms with Crippen molar-refractivity contribution in [3.05, 3.63) is 96.1 Å². The quantitative estimate of drug-likeness (QED) is 0.269. The van der Waals surface area contributed by atoms with Crippen molar-refractivity contribution >= 4 is 53.6 Å². The third-order valence-electron chi connectivity index (χ3n) is 7.24. The molecular formula is C30H30P2. The molecule has 0 bridgehead atoms. The van der Waals surface area contributed by atoms with E-state index in [2.05, 4.69) is 113 Å². The number of allylic oxidation sites excluding steroid dienone is 2. The van der Waals surface area contributed by atoms with Crippen molar-refractivity contribution in [1.29, 1.82) is 0 Å². The van der Waals surface area contributed by atoms with Crippen molar-refractivity contribution in [3.63, 3.8) is 0 Å². The SMILES string of the molecule is CC1=PC(C)(CCP(c2ccc3ccccc3c2)c2ccc3ccccc3c2)C(C)=C1C. The molecule has 0 N–H and O–H groups in total. The molecule has 4 aromatic carbocycles. The van der Waals surface area contributed by atoms with E-state index in [0.29, 0.717) is 0 Å². The van der Waals surface area contributed by atoms with Gasteiger partial charge in [-0.25, -0.2) is 0 Å². The van der Waals surface area contributed by atoms with Crippen molar-refractivity contribution in [1.82, 2.24) is 0 Å². The van der Waals surface area contributed by atoms with Crippen molar-refractivity contribution in [3.8, 4) is 0 Å². The molecule has 32 heavy (non-hydrogen) atoms. The first-order valence-electron chi connectivity index (χ1n) is 11.4. The van der Waals surface area contributed by atoms with Crippen LogP contribution in [-0.4, -0.2) is 16.6 Å². The average molecular weight is 453 g/mol. The molecule has 0 aliphatic carbocycles. The second kappa shape index (κ2) is 8.59. The summed E-state index contributed by atoms with van der Waals surface area (Å²) < 4.78 is 0. The maximum atomic E-state index is 2.47. The zero-order valence-corrected chi connectivity index (χ0v) is 21.2. The molecule has 1 unspecified atom stereocenters. The molecule has 0 fully saturated rings. The van der Waals surface area contributed by atoms with Crippen LogP contribution in [0, 0.1) is 0 Å². The van der Waals surface area contributed by atoms with Gasteiger partial charge in [-0.15, -0.1) is 0 Å². The lowest BCUT2D eigenvalue weighted by atomic mass is 9.94. The Hall–Kier alpha value is -2.26. The molecule has 5 rings (SSSR count). The highest BCUT2D eigenvalue weighted by Gasteiger charge is 2.32. The average Bonchev–Trinajstić information content (AvgIpc) is 3.01. The van der Waals surface area contributed by atoms with E-state index in [0.717, 1.165) is 0 Å². The predicted octanol–water partition coefficient (Wildman–Crippen LogP) is 8.06. The van der Waals surface area contributed by atoms with Crippen LogP contribution in [0.3, 0.4) is 0 Å². The van der Waals surface area contributed by atoms with Crippen LogP contribution < -0.4 is 10.6 Å². The summed E-state index contributed by atoms with van der Waals surface area (Å²) in [6.45, 7) is 9.44. The molecule has 0 saturated heterocycles.